The van der Waals surface area contributed by atoms with Crippen LogP contribution in [0.5, 0.6) is 0 Å². The largest absolute Gasteiger partial charge is 0.382 e. The highest BCUT2D eigenvalue weighted by Gasteiger charge is 2.23. The van der Waals surface area contributed by atoms with Gasteiger partial charge in [-0.1, -0.05) is 24.3 Å². The van der Waals surface area contributed by atoms with E-state index in [1.807, 2.05) is 25.2 Å². The third kappa shape index (κ3) is 1.09. The van der Waals surface area contributed by atoms with E-state index in [0.29, 0.717) is 12.0 Å². The molecule has 0 saturated heterocycles. The summed E-state index contributed by atoms with van der Waals surface area (Å²) in [5.41, 5.74) is 1.97. The molecule has 1 aliphatic heterocycles. The lowest BCUT2D eigenvalue weighted by molar-refractivity contribution is -0.104. The van der Waals surface area contributed by atoms with Crippen LogP contribution >= 0.6 is 0 Å². The fourth-order valence-corrected chi connectivity index (χ4v) is 1.70. The van der Waals surface area contributed by atoms with Gasteiger partial charge in [0.15, 0.2) is 0 Å². The van der Waals surface area contributed by atoms with Crippen LogP contribution in [-0.4, -0.2) is 12.3 Å². The number of rotatable bonds is 1. The Morgan fingerprint density at radius 1 is 1.50 bits per heavy atom. The van der Waals surface area contributed by atoms with Gasteiger partial charge in [0.05, 0.1) is 6.04 Å². The molecule has 2 unspecified atom stereocenters. The van der Waals surface area contributed by atoms with Crippen LogP contribution in [0.25, 0.3) is 0 Å². The minimum Gasteiger partial charge on any atom is -0.382 e. The average molecular weight is 161 g/mol. The van der Waals surface area contributed by atoms with Crippen LogP contribution in [0.15, 0.2) is 35.6 Å². The van der Waals surface area contributed by atoms with Crippen LogP contribution < -0.4 is 5.32 Å². The van der Waals surface area contributed by atoms with Gasteiger partial charge in [-0.3, -0.25) is 4.79 Å². The van der Waals surface area contributed by atoms with Crippen molar-refractivity contribution in [2.24, 2.45) is 5.92 Å². The van der Waals surface area contributed by atoms with Crippen molar-refractivity contribution in [1.29, 1.82) is 0 Å². The zero-order valence-corrected chi connectivity index (χ0v) is 6.95. The van der Waals surface area contributed by atoms with Crippen LogP contribution in [0, 0.1) is 5.92 Å². The van der Waals surface area contributed by atoms with E-state index in [1.54, 1.807) is 0 Å². The number of allylic oxidation sites excluding steroid dienone is 3. The maximum absolute atomic E-state index is 10.5. The molecule has 2 atom stereocenters. The lowest BCUT2D eigenvalue weighted by Gasteiger charge is -2.17. The van der Waals surface area contributed by atoms with Gasteiger partial charge < -0.3 is 5.32 Å². The molecule has 0 saturated carbocycles. The summed E-state index contributed by atoms with van der Waals surface area (Å²) in [5.74, 6) is 0.371. The molecule has 0 aromatic heterocycles. The molecule has 1 heterocycles. The fourth-order valence-electron chi connectivity index (χ4n) is 1.70. The number of carbonyl (C=O) groups is 1. The molecule has 1 aliphatic carbocycles. The monoisotopic (exact) mass is 161 g/mol. The standard InChI is InChI=1S/C10H11NO/c1-7-4-9-5-8(6-12)2-3-10(9)11-7/h2-6,9-11H,1H3. The first-order chi connectivity index (χ1) is 5.79. The van der Waals surface area contributed by atoms with Crippen molar-refractivity contribution in [2.75, 3.05) is 0 Å². The predicted octanol–water partition coefficient (Wildman–Crippen LogP) is 1.17. The Labute approximate surface area is 71.7 Å². The van der Waals surface area contributed by atoms with E-state index in [1.165, 1.54) is 5.70 Å². The Hall–Kier alpha value is -1.31. The zero-order chi connectivity index (χ0) is 8.55. The van der Waals surface area contributed by atoms with Crippen molar-refractivity contribution in [3.05, 3.63) is 35.6 Å². The molecule has 0 fully saturated rings. The zero-order valence-electron chi connectivity index (χ0n) is 6.95. The quantitative estimate of drug-likeness (QED) is 0.585. The second kappa shape index (κ2) is 2.63. The molecule has 2 rings (SSSR count). The summed E-state index contributed by atoms with van der Waals surface area (Å²) in [6.07, 6.45) is 8.96. The number of hydrogen-bond donors (Lipinski definition) is 1. The van der Waals surface area contributed by atoms with Crippen LogP contribution in [0.2, 0.25) is 0 Å². The molecule has 0 amide bonds. The average Bonchev–Trinajstić information content (AvgIpc) is 2.43. The summed E-state index contributed by atoms with van der Waals surface area (Å²) in [7, 11) is 0. The molecule has 12 heavy (non-hydrogen) atoms. The summed E-state index contributed by atoms with van der Waals surface area (Å²) in [4.78, 5) is 10.5. The number of carbonyl (C=O) groups excluding carboxylic acids is 1. The highest BCUT2D eigenvalue weighted by molar-refractivity contribution is 5.78. The highest BCUT2D eigenvalue weighted by atomic mass is 16.1. The molecular formula is C10H11NO. The Morgan fingerprint density at radius 2 is 2.33 bits per heavy atom. The van der Waals surface area contributed by atoms with Crippen molar-refractivity contribution in [3.63, 3.8) is 0 Å². The maximum Gasteiger partial charge on any atom is 0.149 e. The van der Waals surface area contributed by atoms with Crippen molar-refractivity contribution in [1.82, 2.24) is 5.32 Å². The van der Waals surface area contributed by atoms with Gasteiger partial charge in [0.2, 0.25) is 0 Å². The lowest BCUT2D eigenvalue weighted by atomic mass is 9.94. The summed E-state index contributed by atoms with van der Waals surface area (Å²) in [6.45, 7) is 2.04. The normalized spacial score (nSPS) is 31.8. The Morgan fingerprint density at radius 3 is 3.08 bits per heavy atom. The maximum atomic E-state index is 10.5. The second-order valence-corrected chi connectivity index (χ2v) is 3.24. The summed E-state index contributed by atoms with van der Waals surface area (Å²) >= 11 is 0. The molecule has 62 valence electrons. The first-order valence-electron chi connectivity index (χ1n) is 4.10. The Balaban J connectivity index is 2.26. The molecule has 0 radical (unpaired) electrons. The van der Waals surface area contributed by atoms with Crippen molar-refractivity contribution in [2.45, 2.75) is 13.0 Å². The van der Waals surface area contributed by atoms with Gasteiger partial charge in [0.25, 0.3) is 0 Å². The predicted molar refractivity (Wildman–Crippen MR) is 47.5 cm³/mol. The van der Waals surface area contributed by atoms with Gasteiger partial charge >= 0.3 is 0 Å². The molecule has 0 aromatic carbocycles. The molecule has 0 aromatic rings. The van der Waals surface area contributed by atoms with Crippen molar-refractivity contribution in [3.8, 4) is 0 Å². The van der Waals surface area contributed by atoms with Crippen molar-refractivity contribution >= 4 is 6.29 Å². The van der Waals surface area contributed by atoms with Gasteiger partial charge in [0, 0.05) is 17.2 Å². The molecule has 2 aliphatic rings. The third-order valence-electron chi connectivity index (χ3n) is 2.27. The number of fused-ring (bicyclic) bond motifs is 1. The van der Waals surface area contributed by atoms with Gasteiger partial charge in [0.1, 0.15) is 6.29 Å². The SMILES string of the molecule is CC1=CC2C=C(C=O)C=CC2N1. The molecule has 2 nitrogen and oxygen atoms in total. The van der Waals surface area contributed by atoms with Gasteiger partial charge in [-0.25, -0.2) is 0 Å². The van der Waals surface area contributed by atoms with Gasteiger partial charge in [-0.05, 0) is 6.92 Å². The molecular weight excluding hydrogens is 150 g/mol. The third-order valence-corrected chi connectivity index (χ3v) is 2.27. The Bertz CT molecular complexity index is 299. The van der Waals surface area contributed by atoms with Gasteiger partial charge in [-0.15, -0.1) is 0 Å². The highest BCUT2D eigenvalue weighted by Crippen LogP contribution is 2.24. The molecule has 1 N–H and O–H groups in total. The van der Waals surface area contributed by atoms with Crippen LogP contribution in [0.3, 0.4) is 0 Å². The topological polar surface area (TPSA) is 29.1 Å². The van der Waals surface area contributed by atoms with Gasteiger partial charge in [-0.2, -0.15) is 0 Å². The lowest BCUT2D eigenvalue weighted by Crippen LogP contribution is -2.26. The minimum absolute atomic E-state index is 0.369. The fraction of sp³-hybridized carbons (Fsp3) is 0.300. The Kier molecular flexibility index (Phi) is 1.61. The van der Waals surface area contributed by atoms with E-state index >= 15 is 0 Å². The number of nitrogens with one attached hydrogen (secondary N) is 1. The van der Waals surface area contributed by atoms with Crippen molar-refractivity contribution < 1.29 is 4.79 Å². The first-order valence-corrected chi connectivity index (χ1v) is 4.10. The summed E-state index contributed by atoms with van der Waals surface area (Å²) in [5, 5.41) is 3.31. The minimum atomic E-state index is 0.369. The van der Waals surface area contributed by atoms with Crippen LogP contribution in [0.4, 0.5) is 0 Å². The van der Waals surface area contributed by atoms with E-state index in [9.17, 15) is 4.79 Å². The second-order valence-electron chi connectivity index (χ2n) is 3.24. The van der Waals surface area contributed by atoms with E-state index in [2.05, 4.69) is 11.4 Å². The van der Waals surface area contributed by atoms with E-state index in [-0.39, 0.29) is 0 Å². The number of aldehydes is 1. The summed E-state index contributed by atoms with van der Waals surface area (Å²) < 4.78 is 0. The molecule has 0 spiro atoms. The van der Waals surface area contributed by atoms with E-state index < -0.39 is 0 Å². The van der Waals surface area contributed by atoms with Crippen LogP contribution in [0.1, 0.15) is 6.92 Å². The van der Waals surface area contributed by atoms with E-state index in [0.717, 1.165) is 11.9 Å². The summed E-state index contributed by atoms with van der Waals surface area (Å²) in [6, 6.07) is 0.369. The first kappa shape index (κ1) is 7.35. The number of hydrogen-bond acceptors (Lipinski definition) is 2. The van der Waals surface area contributed by atoms with E-state index in [4.69, 9.17) is 0 Å². The molecule has 0 bridgehead atoms. The molecule has 2 heteroatoms. The van der Waals surface area contributed by atoms with Crippen LogP contribution in [-0.2, 0) is 4.79 Å². The smallest absolute Gasteiger partial charge is 0.149 e.